The van der Waals surface area contributed by atoms with Crippen LogP contribution in [0.5, 0.6) is 0 Å². The Hall–Kier alpha value is -1.50. The molecule has 1 aliphatic rings. The van der Waals surface area contributed by atoms with Crippen molar-refractivity contribution in [2.45, 2.75) is 19.4 Å². The van der Waals surface area contributed by atoms with Crippen molar-refractivity contribution < 1.29 is 14.3 Å². The molecule has 5 nitrogen and oxygen atoms in total. The molecule has 1 aliphatic heterocycles. The van der Waals surface area contributed by atoms with E-state index < -0.39 is 0 Å². The Morgan fingerprint density at radius 1 is 1.36 bits per heavy atom. The number of hydrogen-bond donors (Lipinski definition) is 2. The summed E-state index contributed by atoms with van der Waals surface area (Å²) in [5, 5.41) is 12.0. The molecular formula is C16H24FN3O2. The molecule has 1 aromatic rings. The van der Waals surface area contributed by atoms with Crippen molar-refractivity contribution in [2.24, 2.45) is 0 Å². The normalized spacial score (nSPS) is 18.1. The second-order valence-electron chi connectivity index (χ2n) is 5.62. The number of piperazine rings is 1. The minimum atomic E-state index is -0.360. The smallest absolute Gasteiger partial charge is 0.238 e. The fourth-order valence-corrected chi connectivity index (χ4v) is 2.76. The lowest BCUT2D eigenvalue weighted by molar-refractivity contribution is -0.117. The van der Waals surface area contributed by atoms with Crippen molar-refractivity contribution in [3.63, 3.8) is 0 Å². The third-order valence-electron chi connectivity index (χ3n) is 4.08. The zero-order chi connectivity index (χ0) is 15.9. The van der Waals surface area contributed by atoms with Gasteiger partial charge in [-0.1, -0.05) is 13.0 Å². The third-order valence-corrected chi connectivity index (χ3v) is 4.08. The topological polar surface area (TPSA) is 55.8 Å². The van der Waals surface area contributed by atoms with Crippen molar-refractivity contribution in [3.8, 4) is 0 Å². The molecule has 0 radical (unpaired) electrons. The Morgan fingerprint density at radius 3 is 2.68 bits per heavy atom. The zero-order valence-corrected chi connectivity index (χ0v) is 13.0. The van der Waals surface area contributed by atoms with Gasteiger partial charge in [0.05, 0.1) is 13.2 Å². The highest BCUT2D eigenvalue weighted by molar-refractivity contribution is 5.92. The number of hydrogen-bond acceptors (Lipinski definition) is 4. The number of rotatable bonds is 6. The first-order chi connectivity index (χ1) is 10.6. The summed E-state index contributed by atoms with van der Waals surface area (Å²) in [5.74, 6) is -0.491. The summed E-state index contributed by atoms with van der Waals surface area (Å²) in [6.45, 7) is 5.86. The van der Waals surface area contributed by atoms with E-state index in [4.69, 9.17) is 0 Å². The quantitative estimate of drug-likeness (QED) is 0.828. The molecule has 0 aliphatic carbocycles. The predicted molar refractivity (Wildman–Crippen MR) is 84.2 cm³/mol. The van der Waals surface area contributed by atoms with Crippen LogP contribution in [0.2, 0.25) is 0 Å². The molecule has 1 heterocycles. The van der Waals surface area contributed by atoms with Gasteiger partial charge in [0, 0.05) is 37.9 Å². The summed E-state index contributed by atoms with van der Waals surface area (Å²) in [5.41, 5.74) is 0.481. The number of carbonyl (C=O) groups excluding carboxylic acids is 1. The molecular weight excluding hydrogens is 285 g/mol. The van der Waals surface area contributed by atoms with Gasteiger partial charge in [0.25, 0.3) is 0 Å². The number of nitrogens with zero attached hydrogens (tertiary/aromatic N) is 2. The lowest BCUT2D eigenvalue weighted by Crippen LogP contribution is -2.52. The van der Waals surface area contributed by atoms with Crippen molar-refractivity contribution >= 4 is 11.6 Å². The van der Waals surface area contributed by atoms with Gasteiger partial charge in [0.2, 0.25) is 5.91 Å². The summed E-state index contributed by atoms with van der Waals surface area (Å²) in [6.07, 6.45) is 0.927. The van der Waals surface area contributed by atoms with Crippen LogP contribution in [0.1, 0.15) is 13.3 Å². The van der Waals surface area contributed by atoms with Gasteiger partial charge in [-0.2, -0.15) is 0 Å². The number of benzene rings is 1. The first-order valence-electron chi connectivity index (χ1n) is 7.75. The first-order valence-corrected chi connectivity index (χ1v) is 7.75. The van der Waals surface area contributed by atoms with Crippen molar-refractivity contribution in [1.82, 2.24) is 9.80 Å². The maximum atomic E-state index is 13.1. The molecule has 1 saturated heterocycles. The summed E-state index contributed by atoms with van der Waals surface area (Å²) in [7, 11) is 0. The Bertz CT molecular complexity index is 486. The molecule has 0 saturated carbocycles. The van der Waals surface area contributed by atoms with Crippen LogP contribution >= 0.6 is 0 Å². The highest BCUT2D eigenvalue weighted by Crippen LogP contribution is 2.11. The summed E-state index contributed by atoms with van der Waals surface area (Å²) in [6, 6.07) is 6.11. The minimum absolute atomic E-state index is 0.131. The van der Waals surface area contributed by atoms with Gasteiger partial charge in [-0.3, -0.25) is 14.6 Å². The summed E-state index contributed by atoms with van der Waals surface area (Å²) < 4.78 is 13.1. The Labute approximate surface area is 130 Å². The number of aliphatic hydroxyl groups excluding tert-OH is 1. The molecule has 122 valence electrons. The first kappa shape index (κ1) is 16.9. The van der Waals surface area contributed by atoms with Crippen LogP contribution in [0.15, 0.2) is 24.3 Å². The second kappa shape index (κ2) is 8.22. The van der Waals surface area contributed by atoms with Crippen molar-refractivity contribution in [1.29, 1.82) is 0 Å². The van der Waals surface area contributed by atoms with Crippen LogP contribution in [0.3, 0.4) is 0 Å². The maximum absolute atomic E-state index is 13.1. The minimum Gasteiger partial charge on any atom is -0.395 e. The van der Waals surface area contributed by atoms with E-state index in [1.807, 2.05) is 0 Å². The molecule has 2 N–H and O–H groups in total. The second-order valence-corrected chi connectivity index (χ2v) is 5.62. The van der Waals surface area contributed by atoms with E-state index in [2.05, 4.69) is 22.0 Å². The molecule has 1 atom stereocenters. The number of nitrogens with one attached hydrogen (secondary N) is 1. The van der Waals surface area contributed by atoms with E-state index in [9.17, 15) is 14.3 Å². The number of carbonyl (C=O) groups is 1. The van der Waals surface area contributed by atoms with Gasteiger partial charge >= 0.3 is 0 Å². The number of aliphatic hydroxyl groups is 1. The molecule has 6 heteroatoms. The molecule has 1 amide bonds. The highest BCUT2D eigenvalue weighted by atomic mass is 19.1. The lowest BCUT2D eigenvalue weighted by Gasteiger charge is -2.38. The predicted octanol–water partition coefficient (Wildman–Crippen LogP) is 1.15. The molecule has 22 heavy (non-hydrogen) atoms. The lowest BCUT2D eigenvalue weighted by atomic mass is 10.1. The van der Waals surface area contributed by atoms with Crippen LogP contribution in [-0.4, -0.2) is 66.2 Å². The largest absolute Gasteiger partial charge is 0.395 e. The van der Waals surface area contributed by atoms with Crippen LogP contribution < -0.4 is 5.32 Å². The fourth-order valence-electron chi connectivity index (χ4n) is 2.76. The molecule has 0 spiro atoms. The average molecular weight is 309 g/mol. The Morgan fingerprint density at radius 2 is 2.09 bits per heavy atom. The SMILES string of the molecule is CCC(CO)N1CCN(CC(=O)Nc2cccc(F)c2)CC1. The molecule has 1 aromatic carbocycles. The van der Waals surface area contributed by atoms with Crippen LogP contribution in [-0.2, 0) is 4.79 Å². The van der Waals surface area contributed by atoms with Crippen molar-refractivity contribution in [3.05, 3.63) is 30.1 Å². The number of amides is 1. The van der Waals surface area contributed by atoms with Gasteiger partial charge in [-0.15, -0.1) is 0 Å². The van der Waals surface area contributed by atoms with Gasteiger partial charge in [-0.25, -0.2) is 4.39 Å². The average Bonchev–Trinajstić information content (AvgIpc) is 2.50. The van der Waals surface area contributed by atoms with Crippen LogP contribution in [0, 0.1) is 5.82 Å². The zero-order valence-electron chi connectivity index (χ0n) is 13.0. The number of anilines is 1. The van der Waals surface area contributed by atoms with Crippen LogP contribution in [0.4, 0.5) is 10.1 Å². The van der Waals surface area contributed by atoms with Gasteiger partial charge in [0.15, 0.2) is 0 Å². The standard InChI is InChI=1S/C16H24FN3O2/c1-2-15(12-21)20-8-6-19(7-9-20)11-16(22)18-14-5-3-4-13(17)10-14/h3-5,10,15,21H,2,6-9,11-12H2,1H3,(H,18,22). The Kier molecular flexibility index (Phi) is 6.30. The monoisotopic (exact) mass is 309 g/mol. The highest BCUT2D eigenvalue weighted by Gasteiger charge is 2.23. The summed E-state index contributed by atoms with van der Waals surface area (Å²) in [4.78, 5) is 16.3. The van der Waals surface area contributed by atoms with E-state index in [-0.39, 0.29) is 24.4 Å². The van der Waals surface area contributed by atoms with E-state index in [0.29, 0.717) is 12.2 Å². The summed E-state index contributed by atoms with van der Waals surface area (Å²) >= 11 is 0. The van der Waals surface area contributed by atoms with E-state index in [0.717, 1.165) is 32.6 Å². The van der Waals surface area contributed by atoms with Crippen LogP contribution in [0.25, 0.3) is 0 Å². The van der Waals surface area contributed by atoms with Gasteiger partial charge in [-0.05, 0) is 24.6 Å². The fraction of sp³-hybridized carbons (Fsp3) is 0.562. The molecule has 0 bridgehead atoms. The van der Waals surface area contributed by atoms with Gasteiger partial charge in [0.1, 0.15) is 5.82 Å². The maximum Gasteiger partial charge on any atom is 0.238 e. The molecule has 1 unspecified atom stereocenters. The van der Waals surface area contributed by atoms with Gasteiger partial charge < -0.3 is 10.4 Å². The van der Waals surface area contributed by atoms with E-state index in [1.165, 1.54) is 12.1 Å². The van der Waals surface area contributed by atoms with E-state index >= 15 is 0 Å². The third kappa shape index (κ3) is 4.76. The molecule has 0 aromatic heterocycles. The number of halogens is 1. The van der Waals surface area contributed by atoms with Crippen molar-refractivity contribution in [2.75, 3.05) is 44.6 Å². The van der Waals surface area contributed by atoms with E-state index in [1.54, 1.807) is 12.1 Å². The Balaban J connectivity index is 1.77. The molecule has 2 rings (SSSR count). The molecule has 1 fully saturated rings.